The maximum Gasteiger partial charge on any atom is 0.294 e. The van der Waals surface area contributed by atoms with Gasteiger partial charge in [0.1, 0.15) is 5.75 Å². The van der Waals surface area contributed by atoms with Crippen molar-refractivity contribution in [2.24, 2.45) is 0 Å². The third-order valence-corrected chi connectivity index (χ3v) is 3.43. The Labute approximate surface area is 105 Å². The number of phenols is 1. The normalized spacial score (nSPS) is 11.7. The second-order valence-electron chi connectivity index (χ2n) is 3.85. The summed E-state index contributed by atoms with van der Waals surface area (Å²) in [5.41, 5.74) is 0.717. The zero-order chi connectivity index (χ0) is 13.3. The van der Waals surface area contributed by atoms with Gasteiger partial charge >= 0.3 is 0 Å². The molecule has 2 aromatic carbocycles. The van der Waals surface area contributed by atoms with E-state index in [9.17, 15) is 13.5 Å². The van der Waals surface area contributed by atoms with Gasteiger partial charge in [-0.2, -0.15) is 8.42 Å². The van der Waals surface area contributed by atoms with Crippen molar-refractivity contribution in [3.63, 3.8) is 0 Å². The molecular formula is C12H13NO4S. The lowest BCUT2D eigenvalue weighted by Gasteiger charge is -2.10. The number of nitrogens with one attached hydrogen (secondary N) is 1. The number of aromatic hydroxyl groups is 1. The molecule has 0 fully saturated rings. The molecule has 18 heavy (non-hydrogen) atoms. The molecule has 0 aliphatic heterocycles. The zero-order valence-corrected chi connectivity index (χ0v) is 10.5. The number of anilines is 1. The highest BCUT2D eigenvalue weighted by atomic mass is 32.2. The quantitative estimate of drug-likeness (QED) is 0.742. The van der Waals surface area contributed by atoms with E-state index in [1.54, 1.807) is 18.2 Å². The van der Waals surface area contributed by atoms with Gasteiger partial charge in [-0.25, -0.2) is 0 Å². The van der Waals surface area contributed by atoms with Crippen LogP contribution in [0, 0.1) is 0 Å². The summed E-state index contributed by atoms with van der Waals surface area (Å²) in [6.07, 6.45) is 0. The van der Waals surface area contributed by atoms with Crippen LogP contribution in [0.25, 0.3) is 10.8 Å². The largest absolute Gasteiger partial charge is 0.507 e. The lowest BCUT2D eigenvalue weighted by atomic mass is 10.1. The van der Waals surface area contributed by atoms with Crippen LogP contribution >= 0.6 is 0 Å². The molecule has 96 valence electrons. The molecule has 2 aromatic rings. The van der Waals surface area contributed by atoms with Crippen molar-refractivity contribution >= 4 is 26.6 Å². The third-order valence-electron chi connectivity index (χ3n) is 2.59. The fourth-order valence-electron chi connectivity index (χ4n) is 1.86. The van der Waals surface area contributed by atoms with Crippen LogP contribution in [-0.4, -0.2) is 24.6 Å². The van der Waals surface area contributed by atoms with Crippen molar-refractivity contribution in [1.82, 2.24) is 0 Å². The van der Waals surface area contributed by atoms with Crippen molar-refractivity contribution in [2.75, 3.05) is 11.9 Å². The lowest BCUT2D eigenvalue weighted by Crippen LogP contribution is -2.00. The van der Waals surface area contributed by atoms with Crippen LogP contribution in [-0.2, 0) is 10.1 Å². The summed E-state index contributed by atoms with van der Waals surface area (Å²) < 4.78 is 31.1. The summed E-state index contributed by atoms with van der Waals surface area (Å²) >= 11 is 0. The van der Waals surface area contributed by atoms with E-state index in [4.69, 9.17) is 4.55 Å². The molecular weight excluding hydrogens is 254 g/mol. The molecule has 0 bridgehead atoms. The lowest BCUT2D eigenvalue weighted by molar-refractivity contribution is 0.471. The summed E-state index contributed by atoms with van der Waals surface area (Å²) in [4.78, 5) is -0.318. The predicted octanol–water partition coefficient (Wildman–Crippen LogP) is 2.22. The monoisotopic (exact) mass is 267 g/mol. The van der Waals surface area contributed by atoms with Gasteiger partial charge in [0.15, 0.2) is 0 Å². The van der Waals surface area contributed by atoms with Gasteiger partial charge in [0.25, 0.3) is 10.1 Å². The Hall–Kier alpha value is -1.79. The Kier molecular flexibility index (Phi) is 3.14. The van der Waals surface area contributed by atoms with Gasteiger partial charge in [-0.1, -0.05) is 12.1 Å². The van der Waals surface area contributed by atoms with Crippen LogP contribution in [0.5, 0.6) is 5.75 Å². The van der Waals surface area contributed by atoms with Crippen LogP contribution in [0.15, 0.2) is 35.2 Å². The van der Waals surface area contributed by atoms with E-state index >= 15 is 0 Å². The number of hydrogen-bond acceptors (Lipinski definition) is 4. The molecule has 0 saturated carbocycles. The first-order chi connectivity index (χ1) is 8.43. The van der Waals surface area contributed by atoms with Gasteiger partial charge in [0.05, 0.1) is 4.90 Å². The van der Waals surface area contributed by atoms with Gasteiger partial charge < -0.3 is 10.4 Å². The predicted molar refractivity (Wildman–Crippen MR) is 69.6 cm³/mol. The Morgan fingerprint density at radius 3 is 2.61 bits per heavy atom. The van der Waals surface area contributed by atoms with Crippen LogP contribution < -0.4 is 5.32 Å². The van der Waals surface area contributed by atoms with E-state index in [1.165, 1.54) is 6.07 Å². The van der Waals surface area contributed by atoms with Gasteiger partial charge in [-0.05, 0) is 24.4 Å². The first-order valence-corrected chi connectivity index (χ1v) is 6.84. The molecule has 0 radical (unpaired) electrons. The summed E-state index contributed by atoms with van der Waals surface area (Å²) in [6.45, 7) is 2.60. The van der Waals surface area contributed by atoms with Crippen LogP contribution in [0.1, 0.15) is 6.92 Å². The second kappa shape index (κ2) is 4.47. The molecule has 0 spiro atoms. The Morgan fingerprint density at radius 1 is 1.28 bits per heavy atom. The van der Waals surface area contributed by atoms with E-state index < -0.39 is 10.1 Å². The molecule has 3 N–H and O–H groups in total. The van der Waals surface area contributed by atoms with E-state index in [0.717, 1.165) is 11.8 Å². The van der Waals surface area contributed by atoms with Crippen molar-refractivity contribution in [3.8, 4) is 5.75 Å². The minimum atomic E-state index is -4.32. The molecule has 0 amide bonds. The molecule has 0 heterocycles. The zero-order valence-electron chi connectivity index (χ0n) is 9.71. The fraction of sp³-hybridized carbons (Fsp3) is 0.167. The average molecular weight is 267 g/mol. The van der Waals surface area contributed by atoms with Crippen molar-refractivity contribution < 1.29 is 18.1 Å². The topological polar surface area (TPSA) is 86.6 Å². The van der Waals surface area contributed by atoms with Crippen LogP contribution in [0.2, 0.25) is 0 Å². The van der Waals surface area contributed by atoms with Crippen LogP contribution in [0.4, 0.5) is 5.69 Å². The number of hydrogen-bond donors (Lipinski definition) is 3. The molecule has 6 heteroatoms. The molecule has 0 saturated heterocycles. The van der Waals surface area contributed by atoms with E-state index in [-0.39, 0.29) is 10.6 Å². The van der Waals surface area contributed by atoms with Crippen molar-refractivity contribution in [3.05, 3.63) is 30.3 Å². The molecule has 0 aliphatic rings. The number of benzene rings is 2. The first-order valence-electron chi connectivity index (χ1n) is 5.40. The van der Waals surface area contributed by atoms with Gasteiger partial charge in [0.2, 0.25) is 0 Å². The Morgan fingerprint density at radius 2 is 2.00 bits per heavy atom. The van der Waals surface area contributed by atoms with E-state index in [1.807, 2.05) is 6.92 Å². The van der Waals surface area contributed by atoms with Crippen molar-refractivity contribution in [2.45, 2.75) is 11.8 Å². The molecule has 0 aliphatic carbocycles. The Balaban J connectivity index is 2.77. The highest BCUT2D eigenvalue weighted by molar-refractivity contribution is 7.85. The fourth-order valence-corrected chi connectivity index (χ4v) is 2.40. The Bertz CT molecular complexity index is 695. The van der Waals surface area contributed by atoms with Crippen molar-refractivity contribution in [1.29, 1.82) is 0 Å². The highest BCUT2D eigenvalue weighted by Gasteiger charge is 2.14. The summed E-state index contributed by atoms with van der Waals surface area (Å²) in [5.74, 6) is -0.184. The molecule has 5 nitrogen and oxygen atoms in total. The summed E-state index contributed by atoms with van der Waals surface area (Å²) in [6, 6.07) is 7.57. The molecule has 0 aromatic heterocycles. The van der Waals surface area contributed by atoms with E-state index in [2.05, 4.69) is 5.32 Å². The number of phenolic OH excluding ortho intramolecular Hbond substituents is 1. The molecule has 2 rings (SSSR count). The second-order valence-corrected chi connectivity index (χ2v) is 5.27. The SMILES string of the molecule is CCNc1cccc2cc(S(=O)(=O)O)cc(O)c12. The van der Waals surface area contributed by atoms with Gasteiger partial charge in [0, 0.05) is 23.7 Å². The third kappa shape index (κ3) is 2.25. The maximum atomic E-state index is 11.1. The summed E-state index contributed by atoms with van der Waals surface area (Å²) in [5, 5.41) is 14.1. The number of fused-ring (bicyclic) bond motifs is 1. The standard InChI is InChI=1S/C12H13NO4S/c1-2-13-10-5-3-4-8-6-9(18(15,16)17)7-11(14)12(8)10/h3-7,13-14H,2H2,1H3,(H,15,16,17). The van der Waals surface area contributed by atoms with Gasteiger partial charge in [-0.3, -0.25) is 4.55 Å². The average Bonchev–Trinajstić information content (AvgIpc) is 2.28. The smallest absolute Gasteiger partial charge is 0.294 e. The highest BCUT2D eigenvalue weighted by Crippen LogP contribution is 2.34. The van der Waals surface area contributed by atoms with Gasteiger partial charge in [-0.15, -0.1) is 0 Å². The summed E-state index contributed by atoms with van der Waals surface area (Å²) in [7, 11) is -4.32. The molecule has 0 atom stereocenters. The first kappa shape index (κ1) is 12.7. The minimum absolute atomic E-state index is 0.184. The number of rotatable bonds is 3. The van der Waals surface area contributed by atoms with Crippen LogP contribution in [0.3, 0.4) is 0 Å². The minimum Gasteiger partial charge on any atom is -0.507 e. The van der Waals surface area contributed by atoms with E-state index in [0.29, 0.717) is 17.3 Å². The maximum absolute atomic E-state index is 11.1. The molecule has 0 unspecified atom stereocenters.